The number of rotatable bonds is 5. The van der Waals surface area contributed by atoms with Crippen LogP contribution in [-0.4, -0.2) is 18.2 Å². The van der Waals surface area contributed by atoms with Crippen molar-refractivity contribution in [2.75, 3.05) is 12.4 Å². The summed E-state index contributed by atoms with van der Waals surface area (Å²) in [5.41, 5.74) is 1.46. The van der Waals surface area contributed by atoms with Crippen molar-refractivity contribution in [3.63, 3.8) is 0 Å². The fraction of sp³-hybridized carbons (Fsp3) is 0.214. The number of carboxylic acids is 1. The average molecular weight is 340 g/mol. The first-order valence-corrected chi connectivity index (χ1v) is 6.70. The number of methoxy groups -OCH3 is 1. The third-order valence-corrected chi connectivity index (χ3v) is 3.19. The van der Waals surface area contributed by atoms with Crippen LogP contribution in [0.4, 0.5) is 5.69 Å². The van der Waals surface area contributed by atoms with Crippen molar-refractivity contribution < 1.29 is 19.1 Å². The Hall–Kier alpha value is -1.95. The van der Waals surface area contributed by atoms with Crippen molar-refractivity contribution in [1.82, 2.24) is 0 Å². The molecule has 106 valence electrons. The molecule has 0 spiro atoms. The van der Waals surface area contributed by atoms with Crippen LogP contribution in [0, 0.1) is 6.92 Å². The lowest BCUT2D eigenvalue weighted by molar-refractivity contribution is 0.0659. The Kier molecular flexibility index (Phi) is 4.34. The van der Waals surface area contributed by atoms with E-state index in [4.69, 9.17) is 14.3 Å². The van der Waals surface area contributed by atoms with Crippen molar-refractivity contribution >= 4 is 27.6 Å². The highest BCUT2D eigenvalue weighted by atomic mass is 79.9. The summed E-state index contributed by atoms with van der Waals surface area (Å²) in [5, 5.41) is 12.1. The first kappa shape index (κ1) is 14.5. The van der Waals surface area contributed by atoms with E-state index >= 15 is 0 Å². The van der Waals surface area contributed by atoms with Crippen LogP contribution in [0.25, 0.3) is 0 Å². The van der Waals surface area contributed by atoms with Gasteiger partial charge in [-0.15, -0.1) is 0 Å². The maximum atomic E-state index is 10.9. The molecule has 0 atom stereocenters. The number of aryl methyl sites for hydroxylation is 1. The normalized spacial score (nSPS) is 10.3. The Morgan fingerprint density at radius 3 is 2.75 bits per heavy atom. The lowest BCUT2D eigenvalue weighted by Gasteiger charge is -2.07. The summed E-state index contributed by atoms with van der Waals surface area (Å²) in [5.74, 6) is 0.217. The molecule has 20 heavy (non-hydrogen) atoms. The number of hydrogen-bond donors (Lipinski definition) is 2. The highest BCUT2D eigenvalue weighted by molar-refractivity contribution is 9.10. The molecule has 0 aliphatic carbocycles. The number of anilines is 1. The van der Waals surface area contributed by atoms with Crippen molar-refractivity contribution in [2.24, 2.45) is 0 Å². The van der Waals surface area contributed by atoms with E-state index in [1.807, 2.05) is 18.2 Å². The molecule has 1 heterocycles. The SMILES string of the molecule is COc1cc(Br)cc(NCc2cc(C)c(C(=O)O)o2)c1. The second-order valence-electron chi connectivity index (χ2n) is 4.26. The van der Waals surface area contributed by atoms with E-state index in [9.17, 15) is 4.79 Å². The molecule has 2 aromatic rings. The summed E-state index contributed by atoms with van der Waals surface area (Å²) in [6.07, 6.45) is 0. The van der Waals surface area contributed by atoms with Gasteiger partial charge in [0, 0.05) is 21.8 Å². The number of hydrogen-bond acceptors (Lipinski definition) is 4. The monoisotopic (exact) mass is 339 g/mol. The fourth-order valence-electron chi connectivity index (χ4n) is 1.82. The number of ether oxygens (including phenoxy) is 1. The number of nitrogens with one attached hydrogen (secondary N) is 1. The second-order valence-corrected chi connectivity index (χ2v) is 5.18. The van der Waals surface area contributed by atoms with Gasteiger partial charge in [0.2, 0.25) is 5.76 Å². The largest absolute Gasteiger partial charge is 0.497 e. The van der Waals surface area contributed by atoms with Gasteiger partial charge in [0.1, 0.15) is 11.5 Å². The number of carboxylic acid groups (broad SMARTS) is 1. The molecule has 0 aliphatic rings. The van der Waals surface area contributed by atoms with Gasteiger partial charge in [-0.05, 0) is 25.1 Å². The van der Waals surface area contributed by atoms with E-state index in [1.54, 1.807) is 20.1 Å². The molecule has 2 rings (SSSR count). The first-order chi connectivity index (χ1) is 9.49. The number of benzene rings is 1. The standard InChI is InChI=1S/C14H14BrNO4/c1-8-3-12(20-13(8)14(17)18)7-16-10-4-9(15)5-11(6-10)19-2/h3-6,16H,7H2,1-2H3,(H,17,18). The summed E-state index contributed by atoms with van der Waals surface area (Å²) in [6.45, 7) is 2.10. The van der Waals surface area contributed by atoms with E-state index in [0.29, 0.717) is 17.9 Å². The van der Waals surface area contributed by atoms with Crippen LogP contribution in [0.1, 0.15) is 21.9 Å². The van der Waals surface area contributed by atoms with E-state index < -0.39 is 5.97 Å². The molecular formula is C14H14BrNO4. The van der Waals surface area contributed by atoms with E-state index in [0.717, 1.165) is 15.9 Å². The number of carbonyl (C=O) groups is 1. The molecule has 0 saturated carbocycles. The highest BCUT2D eigenvalue weighted by Gasteiger charge is 2.14. The first-order valence-electron chi connectivity index (χ1n) is 5.90. The van der Waals surface area contributed by atoms with Crippen LogP contribution in [-0.2, 0) is 6.54 Å². The molecule has 5 nitrogen and oxygen atoms in total. The number of furan rings is 1. The van der Waals surface area contributed by atoms with Crippen LogP contribution in [0.2, 0.25) is 0 Å². The molecule has 0 unspecified atom stereocenters. The molecule has 0 fully saturated rings. The molecule has 1 aromatic heterocycles. The van der Waals surface area contributed by atoms with E-state index in [2.05, 4.69) is 21.2 Å². The molecule has 0 aliphatic heterocycles. The summed E-state index contributed by atoms with van der Waals surface area (Å²) in [4.78, 5) is 10.9. The number of halogens is 1. The van der Waals surface area contributed by atoms with Crippen LogP contribution in [0.3, 0.4) is 0 Å². The quantitative estimate of drug-likeness (QED) is 0.869. The summed E-state index contributed by atoms with van der Waals surface area (Å²) >= 11 is 3.39. The predicted molar refractivity (Wildman–Crippen MR) is 78.4 cm³/mol. The van der Waals surface area contributed by atoms with Gasteiger partial charge in [-0.1, -0.05) is 15.9 Å². The van der Waals surface area contributed by atoms with Crippen molar-refractivity contribution in [2.45, 2.75) is 13.5 Å². The van der Waals surface area contributed by atoms with E-state index in [-0.39, 0.29) is 5.76 Å². The smallest absolute Gasteiger partial charge is 0.372 e. The summed E-state index contributed by atoms with van der Waals surface area (Å²) < 4.78 is 11.3. The molecule has 0 radical (unpaired) electrons. The minimum Gasteiger partial charge on any atom is -0.497 e. The zero-order valence-electron chi connectivity index (χ0n) is 11.1. The lowest BCUT2D eigenvalue weighted by Crippen LogP contribution is -1.99. The van der Waals surface area contributed by atoms with Crippen molar-refractivity contribution in [1.29, 1.82) is 0 Å². The van der Waals surface area contributed by atoms with Crippen LogP contribution < -0.4 is 10.1 Å². The highest BCUT2D eigenvalue weighted by Crippen LogP contribution is 2.25. The van der Waals surface area contributed by atoms with Gasteiger partial charge >= 0.3 is 5.97 Å². The van der Waals surface area contributed by atoms with Gasteiger partial charge in [0.25, 0.3) is 0 Å². The van der Waals surface area contributed by atoms with E-state index in [1.165, 1.54) is 0 Å². The Morgan fingerprint density at radius 1 is 1.40 bits per heavy atom. The third kappa shape index (κ3) is 3.33. The molecule has 0 bridgehead atoms. The average Bonchev–Trinajstić information content (AvgIpc) is 2.77. The molecular weight excluding hydrogens is 326 g/mol. The lowest BCUT2D eigenvalue weighted by atomic mass is 10.2. The maximum absolute atomic E-state index is 10.9. The Bertz CT molecular complexity index is 636. The molecule has 0 amide bonds. The summed E-state index contributed by atoms with van der Waals surface area (Å²) in [6, 6.07) is 7.31. The van der Waals surface area contributed by atoms with Gasteiger partial charge in [-0.2, -0.15) is 0 Å². The van der Waals surface area contributed by atoms with Crippen LogP contribution in [0.5, 0.6) is 5.75 Å². The van der Waals surface area contributed by atoms with Crippen LogP contribution in [0.15, 0.2) is 33.2 Å². The Balaban J connectivity index is 2.10. The minimum atomic E-state index is -1.06. The molecule has 2 N–H and O–H groups in total. The Morgan fingerprint density at radius 2 is 2.15 bits per heavy atom. The van der Waals surface area contributed by atoms with Crippen molar-refractivity contribution in [3.8, 4) is 5.75 Å². The van der Waals surface area contributed by atoms with Crippen molar-refractivity contribution in [3.05, 3.63) is 45.8 Å². The van der Waals surface area contributed by atoms with Gasteiger partial charge in [0.05, 0.1) is 13.7 Å². The minimum absolute atomic E-state index is 0.0198. The molecule has 0 saturated heterocycles. The van der Waals surface area contributed by atoms with Gasteiger partial charge in [-0.25, -0.2) is 4.79 Å². The summed E-state index contributed by atoms with van der Waals surface area (Å²) in [7, 11) is 1.60. The van der Waals surface area contributed by atoms with Crippen LogP contribution >= 0.6 is 15.9 Å². The zero-order chi connectivity index (χ0) is 14.7. The van der Waals surface area contributed by atoms with Gasteiger partial charge < -0.3 is 19.6 Å². The second kappa shape index (κ2) is 6.00. The maximum Gasteiger partial charge on any atom is 0.372 e. The topological polar surface area (TPSA) is 71.7 Å². The molecule has 6 heteroatoms. The third-order valence-electron chi connectivity index (χ3n) is 2.74. The predicted octanol–water partition coefficient (Wildman–Crippen LogP) is 3.67. The number of aromatic carboxylic acids is 1. The zero-order valence-corrected chi connectivity index (χ0v) is 12.7. The molecule has 1 aromatic carbocycles. The van der Waals surface area contributed by atoms with Gasteiger partial charge in [-0.3, -0.25) is 0 Å². The Labute approximate surface area is 124 Å². The fourth-order valence-corrected chi connectivity index (χ4v) is 2.29. The van der Waals surface area contributed by atoms with Gasteiger partial charge in [0.15, 0.2) is 0 Å².